The molecule has 1 aromatic heterocycles. The van der Waals surface area contributed by atoms with Crippen LogP contribution in [0.2, 0.25) is 0 Å². The number of halogens is 3. The standard InChI is InChI=1S/C14H14BrF2NS/c1-3-18-14(9-5-13(15)19-7-9)10-6-11(16)8(2)4-12(10)17/h4-7,14,18H,3H2,1-2H3. The van der Waals surface area contributed by atoms with E-state index in [0.717, 1.165) is 9.35 Å². The Morgan fingerprint density at radius 2 is 2.00 bits per heavy atom. The molecule has 1 heterocycles. The zero-order chi connectivity index (χ0) is 14.0. The highest BCUT2D eigenvalue weighted by Crippen LogP contribution is 2.31. The van der Waals surface area contributed by atoms with Crippen LogP contribution < -0.4 is 5.32 Å². The third-order valence-electron chi connectivity index (χ3n) is 2.92. The Morgan fingerprint density at radius 1 is 1.26 bits per heavy atom. The molecule has 1 N–H and O–H groups in total. The molecule has 1 unspecified atom stereocenters. The van der Waals surface area contributed by atoms with Gasteiger partial charge in [-0.05, 0) is 64.1 Å². The van der Waals surface area contributed by atoms with Gasteiger partial charge in [-0.25, -0.2) is 8.78 Å². The summed E-state index contributed by atoms with van der Waals surface area (Å²) in [6.07, 6.45) is 0. The monoisotopic (exact) mass is 345 g/mol. The molecule has 1 aromatic carbocycles. The summed E-state index contributed by atoms with van der Waals surface area (Å²) in [4.78, 5) is 0. The molecule has 0 radical (unpaired) electrons. The van der Waals surface area contributed by atoms with Gasteiger partial charge >= 0.3 is 0 Å². The van der Waals surface area contributed by atoms with Crippen molar-refractivity contribution >= 4 is 27.3 Å². The summed E-state index contributed by atoms with van der Waals surface area (Å²) in [5, 5.41) is 5.13. The fourth-order valence-corrected chi connectivity index (χ4v) is 3.17. The minimum Gasteiger partial charge on any atom is -0.306 e. The summed E-state index contributed by atoms with van der Waals surface area (Å²) in [6.45, 7) is 4.18. The predicted molar refractivity (Wildman–Crippen MR) is 78.6 cm³/mol. The van der Waals surface area contributed by atoms with E-state index < -0.39 is 0 Å². The zero-order valence-corrected chi connectivity index (χ0v) is 13.0. The Morgan fingerprint density at radius 3 is 2.58 bits per heavy atom. The first-order valence-electron chi connectivity index (χ1n) is 5.95. The molecule has 0 aliphatic heterocycles. The Hall–Kier alpha value is -0.780. The maximum atomic E-state index is 14.1. The molecule has 5 heteroatoms. The van der Waals surface area contributed by atoms with Crippen molar-refractivity contribution in [3.63, 3.8) is 0 Å². The number of benzene rings is 1. The predicted octanol–water partition coefficient (Wildman–Crippen LogP) is 4.80. The molecule has 0 bridgehead atoms. The van der Waals surface area contributed by atoms with Gasteiger partial charge in [0, 0.05) is 5.56 Å². The van der Waals surface area contributed by atoms with Crippen LogP contribution in [-0.4, -0.2) is 6.54 Å². The third-order valence-corrected chi connectivity index (χ3v) is 4.44. The van der Waals surface area contributed by atoms with Crippen molar-refractivity contribution in [2.45, 2.75) is 19.9 Å². The van der Waals surface area contributed by atoms with Gasteiger partial charge in [0.05, 0.1) is 9.83 Å². The van der Waals surface area contributed by atoms with Crippen molar-refractivity contribution in [3.8, 4) is 0 Å². The van der Waals surface area contributed by atoms with Crippen molar-refractivity contribution in [1.82, 2.24) is 5.32 Å². The average Bonchev–Trinajstić information content (AvgIpc) is 2.78. The number of rotatable bonds is 4. The third kappa shape index (κ3) is 3.22. The Labute approximate surface area is 123 Å². The molecule has 102 valence electrons. The minimum atomic E-state index is -0.382. The molecule has 0 saturated heterocycles. The molecule has 0 fully saturated rings. The molecule has 0 spiro atoms. The molecule has 19 heavy (non-hydrogen) atoms. The molecule has 0 amide bonds. The van der Waals surface area contributed by atoms with Crippen LogP contribution in [0.25, 0.3) is 0 Å². The van der Waals surface area contributed by atoms with Crippen LogP contribution in [0.5, 0.6) is 0 Å². The van der Waals surface area contributed by atoms with Crippen molar-refractivity contribution in [3.05, 3.63) is 55.7 Å². The summed E-state index contributed by atoms with van der Waals surface area (Å²) in [5.74, 6) is -0.763. The molecule has 2 aromatic rings. The molecule has 2 rings (SSSR count). The zero-order valence-electron chi connectivity index (χ0n) is 10.6. The molecular formula is C14H14BrF2NS. The molecule has 0 aliphatic rings. The first kappa shape index (κ1) is 14.6. The SMILES string of the molecule is CCNC(c1csc(Br)c1)c1cc(F)c(C)cc1F. The highest BCUT2D eigenvalue weighted by atomic mass is 79.9. The van der Waals surface area contributed by atoms with Crippen LogP contribution in [0.3, 0.4) is 0 Å². The van der Waals surface area contributed by atoms with Gasteiger partial charge in [0.1, 0.15) is 11.6 Å². The number of thiophene rings is 1. The second-order valence-corrected chi connectivity index (χ2v) is 6.59. The Balaban J connectivity index is 2.47. The van der Waals surface area contributed by atoms with Gasteiger partial charge in [0.15, 0.2) is 0 Å². The number of aryl methyl sites for hydroxylation is 1. The van der Waals surface area contributed by atoms with Gasteiger partial charge in [-0.3, -0.25) is 0 Å². The van der Waals surface area contributed by atoms with E-state index in [-0.39, 0.29) is 17.7 Å². The van der Waals surface area contributed by atoms with E-state index >= 15 is 0 Å². The Kier molecular flexibility index (Phi) is 4.71. The van der Waals surface area contributed by atoms with Crippen molar-refractivity contribution in [1.29, 1.82) is 0 Å². The quantitative estimate of drug-likeness (QED) is 0.839. The highest BCUT2D eigenvalue weighted by molar-refractivity contribution is 9.11. The van der Waals surface area contributed by atoms with E-state index in [1.165, 1.54) is 23.5 Å². The lowest BCUT2D eigenvalue weighted by Gasteiger charge is -2.18. The summed E-state index contributed by atoms with van der Waals surface area (Å²) in [6, 6.07) is 4.12. The average molecular weight is 346 g/mol. The van der Waals surface area contributed by atoms with E-state index in [4.69, 9.17) is 0 Å². The summed E-state index contributed by atoms with van der Waals surface area (Å²) >= 11 is 4.92. The smallest absolute Gasteiger partial charge is 0.128 e. The van der Waals surface area contributed by atoms with E-state index in [2.05, 4.69) is 21.2 Å². The van der Waals surface area contributed by atoms with Gasteiger partial charge < -0.3 is 5.32 Å². The largest absolute Gasteiger partial charge is 0.306 e. The number of hydrogen-bond donors (Lipinski definition) is 1. The number of hydrogen-bond acceptors (Lipinski definition) is 2. The van der Waals surface area contributed by atoms with Crippen LogP contribution in [0, 0.1) is 18.6 Å². The fraction of sp³-hybridized carbons (Fsp3) is 0.286. The van der Waals surface area contributed by atoms with E-state index in [0.29, 0.717) is 17.7 Å². The van der Waals surface area contributed by atoms with E-state index in [1.807, 2.05) is 18.4 Å². The second-order valence-electron chi connectivity index (χ2n) is 4.30. The second kappa shape index (κ2) is 6.11. The first-order chi connectivity index (χ1) is 9.02. The Bertz CT molecular complexity index is 583. The first-order valence-corrected chi connectivity index (χ1v) is 7.63. The minimum absolute atomic E-state index is 0.322. The lowest BCUT2D eigenvalue weighted by Crippen LogP contribution is -2.22. The summed E-state index contributed by atoms with van der Waals surface area (Å²) < 4.78 is 28.7. The molecular weight excluding hydrogens is 332 g/mol. The van der Waals surface area contributed by atoms with Crippen LogP contribution in [0.1, 0.15) is 29.7 Å². The topological polar surface area (TPSA) is 12.0 Å². The summed E-state index contributed by atoms with van der Waals surface area (Å²) in [7, 11) is 0. The van der Waals surface area contributed by atoms with Gasteiger partial charge in [-0.2, -0.15) is 0 Å². The van der Waals surface area contributed by atoms with Gasteiger partial charge in [0.25, 0.3) is 0 Å². The van der Waals surface area contributed by atoms with Gasteiger partial charge in [-0.1, -0.05) is 6.92 Å². The van der Waals surface area contributed by atoms with Gasteiger partial charge in [-0.15, -0.1) is 11.3 Å². The highest BCUT2D eigenvalue weighted by Gasteiger charge is 2.20. The maximum absolute atomic E-state index is 14.1. The fourth-order valence-electron chi connectivity index (χ4n) is 1.97. The van der Waals surface area contributed by atoms with Crippen LogP contribution in [0.4, 0.5) is 8.78 Å². The lowest BCUT2D eigenvalue weighted by molar-refractivity contribution is 0.542. The lowest BCUT2D eigenvalue weighted by atomic mass is 9.99. The van der Waals surface area contributed by atoms with Crippen LogP contribution in [0.15, 0.2) is 27.4 Å². The number of nitrogens with one attached hydrogen (secondary N) is 1. The van der Waals surface area contributed by atoms with Crippen LogP contribution >= 0.6 is 27.3 Å². The van der Waals surface area contributed by atoms with Crippen molar-refractivity contribution in [2.24, 2.45) is 0 Å². The van der Waals surface area contributed by atoms with E-state index in [1.54, 1.807) is 6.92 Å². The van der Waals surface area contributed by atoms with Crippen molar-refractivity contribution in [2.75, 3.05) is 6.54 Å². The van der Waals surface area contributed by atoms with E-state index in [9.17, 15) is 8.78 Å². The summed E-state index contributed by atoms with van der Waals surface area (Å²) in [5.41, 5.74) is 1.60. The molecule has 0 aliphatic carbocycles. The van der Waals surface area contributed by atoms with Crippen molar-refractivity contribution < 1.29 is 8.78 Å². The maximum Gasteiger partial charge on any atom is 0.128 e. The molecule has 1 nitrogen and oxygen atoms in total. The van der Waals surface area contributed by atoms with Gasteiger partial charge in [0.2, 0.25) is 0 Å². The normalized spacial score (nSPS) is 12.7. The molecule has 0 saturated carbocycles. The molecule has 1 atom stereocenters. The van der Waals surface area contributed by atoms with Crippen LogP contribution in [-0.2, 0) is 0 Å².